The first-order chi connectivity index (χ1) is 8.93. The number of imidazole rings is 1. The molecule has 19 heavy (non-hydrogen) atoms. The Morgan fingerprint density at radius 1 is 1.32 bits per heavy atom. The van der Waals surface area contributed by atoms with Gasteiger partial charge in [-0.1, -0.05) is 6.92 Å². The molecule has 0 saturated carbocycles. The van der Waals surface area contributed by atoms with Gasteiger partial charge in [-0.3, -0.25) is 13.9 Å². The molecular formula is C12H18N4O2S. The molecule has 0 aliphatic heterocycles. The molecule has 0 radical (unpaired) electrons. The molecule has 1 atom stereocenters. The van der Waals surface area contributed by atoms with E-state index >= 15 is 0 Å². The summed E-state index contributed by atoms with van der Waals surface area (Å²) in [6.45, 7) is 6.46. The zero-order valence-electron chi connectivity index (χ0n) is 11.6. The molecule has 0 aromatic carbocycles. The van der Waals surface area contributed by atoms with E-state index < -0.39 is 0 Å². The number of H-pyrrole nitrogens is 1. The first kappa shape index (κ1) is 13.8. The van der Waals surface area contributed by atoms with Crippen LogP contribution in [0.25, 0.3) is 11.2 Å². The van der Waals surface area contributed by atoms with Crippen molar-refractivity contribution in [3.63, 3.8) is 0 Å². The van der Waals surface area contributed by atoms with Gasteiger partial charge < -0.3 is 9.55 Å². The highest BCUT2D eigenvalue weighted by molar-refractivity contribution is 7.71. The monoisotopic (exact) mass is 282 g/mol. The number of aryl methyl sites for hydroxylation is 1. The zero-order valence-corrected chi connectivity index (χ0v) is 12.4. The van der Waals surface area contributed by atoms with Crippen molar-refractivity contribution in [2.24, 2.45) is 7.05 Å². The predicted molar refractivity (Wildman–Crippen MR) is 77.3 cm³/mol. The van der Waals surface area contributed by atoms with E-state index in [1.165, 1.54) is 7.05 Å². The lowest BCUT2D eigenvalue weighted by Crippen LogP contribution is -2.39. The number of hydrogen-bond donors (Lipinski definition) is 1. The molecule has 2 aromatic heterocycles. The first-order valence-electron chi connectivity index (χ1n) is 6.38. The van der Waals surface area contributed by atoms with Crippen molar-refractivity contribution in [3.05, 3.63) is 25.6 Å². The second-order valence-corrected chi connectivity index (χ2v) is 5.03. The molecule has 0 amide bonds. The summed E-state index contributed by atoms with van der Waals surface area (Å²) in [7, 11) is 1.50. The van der Waals surface area contributed by atoms with Crippen LogP contribution in [-0.2, 0) is 13.6 Å². The number of fused-ring (bicyclic) bond motifs is 1. The molecule has 0 spiro atoms. The molecule has 2 rings (SSSR count). The summed E-state index contributed by atoms with van der Waals surface area (Å²) >= 11 is 5.22. The molecule has 0 fully saturated rings. The van der Waals surface area contributed by atoms with E-state index in [-0.39, 0.29) is 17.3 Å². The van der Waals surface area contributed by atoms with Gasteiger partial charge in [-0.05, 0) is 32.5 Å². The largest absolute Gasteiger partial charge is 0.332 e. The molecule has 1 unspecified atom stereocenters. The fourth-order valence-corrected chi connectivity index (χ4v) is 2.56. The van der Waals surface area contributed by atoms with Gasteiger partial charge in [-0.2, -0.15) is 0 Å². The number of aromatic nitrogens is 4. The molecule has 0 aliphatic carbocycles. The van der Waals surface area contributed by atoms with Gasteiger partial charge >= 0.3 is 5.69 Å². The molecule has 6 nitrogen and oxygen atoms in total. The van der Waals surface area contributed by atoms with Crippen molar-refractivity contribution in [1.29, 1.82) is 0 Å². The van der Waals surface area contributed by atoms with E-state index in [4.69, 9.17) is 12.2 Å². The number of hydrogen-bond acceptors (Lipinski definition) is 3. The Bertz CT molecular complexity index is 793. The van der Waals surface area contributed by atoms with Crippen LogP contribution in [-0.4, -0.2) is 18.7 Å². The molecule has 2 heterocycles. The zero-order chi connectivity index (χ0) is 14.3. The van der Waals surface area contributed by atoms with Crippen molar-refractivity contribution in [2.45, 2.75) is 39.8 Å². The highest BCUT2D eigenvalue weighted by Crippen LogP contribution is 2.14. The summed E-state index contributed by atoms with van der Waals surface area (Å²) in [5.41, 5.74) is 0.365. The van der Waals surface area contributed by atoms with Gasteiger partial charge in [-0.25, -0.2) is 4.79 Å². The third-order valence-electron chi connectivity index (χ3n) is 3.55. The van der Waals surface area contributed by atoms with Crippen molar-refractivity contribution in [2.75, 3.05) is 0 Å². The fourth-order valence-electron chi connectivity index (χ4n) is 2.24. The van der Waals surface area contributed by atoms with Gasteiger partial charge in [0.2, 0.25) is 0 Å². The Kier molecular flexibility index (Phi) is 3.49. The predicted octanol–water partition coefficient (Wildman–Crippen LogP) is 1.55. The van der Waals surface area contributed by atoms with E-state index in [1.807, 2.05) is 20.8 Å². The number of nitrogens with one attached hydrogen (secondary N) is 1. The quantitative estimate of drug-likeness (QED) is 0.869. The van der Waals surface area contributed by atoms with Crippen LogP contribution in [0.5, 0.6) is 0 Å². The highest BCUT2D eigenvalue weighted by Gasteiger charge is 2.18. The van der Waals surface area contributed by atoms with Gasteiger partial charge in [0.05, 0.1) is 0 Å². The summed E-state index contributed by atoms with van der Waals surface area (Å²) < 4.78 is 4.95. The lowest BCUT2D eigenvalue weighted by atomic mass is 10.2. The molecule has 0 aliphatic rings. The molecule has 0 bridgehead atoms. The van der Waals surface area contributed by atoms with Crippen molar-refractivity contribution >= 4 is 23.4 Å². The Labute approximate surface area is 115 Å². The van der Waals surface area contributed by atoms with Crippen molar-refractivity contribution in [3.8, 4) is 0 Å². The van der Waals surface area contributed by atoms with Crippen LogP contribution in [0.15, 0.2) is 9.59 Å². The summed E-state index contributed by atoms with van der Waals surface area (Å²) in [4.78, 5) is 27.5. The number of aromatic amines is 1. The average Bonchev–Trinajstić information content (AvgIpc) is 2.72. The van der Waals surface area contributed by atoms with E-state index in [0.717, 1.165) is 11.0 Å². The summed E-state index contributed by atoms with van der Waals surface area (Å²) in [5.74, 6) is 0. The lowest BCUT2D eigenvalue weighted by molar-refractivity contribution is 0.499. The average molecular weight is 282 g/mol. The van der Waals surface area contributed by atoms with E-state index in [1.54, 1.807) is 9.13 Å². The standard InChI is InChI=1S/C12H18N4O2S/c1-5-7(3)16-9-8(10(17)14(4)12(16)18)15(6-2)11(19)13-9/h7H,5-6H2,1-4H3,(H,13,19). The number of rotatable bonds is 3. The minimum absolute atomic E-state index is 0.000145. The minimum atomic E-state index is -0.314. The maximum absolute atomic E-state index is 12.3. The Morgan fingerprint density at radius 3 is 2.47 bits per heavy atom. The van der Waals surface area contributed by atoms with E-state index in [0.29, 0.717) is 22.5 Å². The van der Waals surface area contributed by atoms with Crippen molar-refractivity contribution in [1.82, 2.24) is 18.7 Å². The van der Waals surface area contributed by atoms with Gasteiger partial charge in [0.1, 0.15) is 5.65 Å². The van der Waals surface area contributed by atoms with Crippen LogP contribution in [0.4, 0.5) is 0 Å². The highest BCUT2D eigenvalue weighted by atomic mass is 32.1. The molecule has 0 saturated heterocycles. The normalized spacial score (nSPS) is 13.1. The maximum atomic E-state index is 12.3. The van der Waals surface area contributed by atoms with E-state index in [9.17, 15) is 9.59 Å². The second-order valence-electron chi connectivity index (χ2n) is 4.65. The molecule has 7 heteroatoms. The summed E-state index contributed by atoms with van der Waals surface area (Å²) in [5, 5.41) is 0. The van der Waals surface area contributed by atoms with Crippen LogP contribution < -0.4 is 11.2 Å². The smallest absolute Gasteiger partial charge is 0.316 e. The fraction of sp³-hybridized carbons (Fsp3) is 0.583. The molecule has 1 N–H and O–H groups in total. The Hall–Kier alpha value is -1.63. The van der Waals surface area contributed by atoms with Crippen LogP contribution in [0, 0.1) is 4.77 Å². The molecule has 104 valence electrons. The second kappa shape index (κ2) is 4.80. The van der Waals surface area contributed by atoms with Crippen LogP contribution >= 0.6 is 12.2 Å². The number of nitrogens with zero attached hydrogens (tertiary/aromatic N) is 3. The molecule has 2 aromatic rings. The third kappa shape index (κ3) is 1.88. The van der Waals surface area contributed by atoms with Gasteiger partial charge in [-0.15, -0.1) is 0 Å². The first-order valence-corrected chi connectivity index (χ1v) is 6.78. The Balaban J connectivity index is 3.10. The SMILES string of the molecule is CCC(C)n1c(=O)n(C)c(=O)c2c1[nH]c(=S)n2CC. The maximum Gasteiger partial charge on any atom is 0.332 e. The lowest BCUT2D eigenvalue weighted by Gasteiger charge is -2.15. The van der Waals surface area contributed by atoms with Crippen LogP contribution in [0.2, 0.25) is 0 Å². The van der Waals surface area contributed by atoms with Crippen LogP contribution in [0.1, 0.15) is 33.2 Å². The third-order valence-corrected chi connectivity index (χ3v) is 3.88. The molecular weight excluding hydrogens is 264 g/mol. The topological polar surface area (TPSA) is 64.7 Å². The van der Waals surface area contributed by atoms with E-state index in [2.05, 4.69) is 4.98 Å². The minimum Gasteiger partial charge on any atom is -0.316 e. The summed E-state index contributed by atoms with van der Waals surface area (Å²) in [6, 6.07) is 0.000145. The van der Waals surface area contributed by atoms with Gasteiger partial charge in [0, 0.05) is 19.6 Å². The van der Waals surface area contributed by atoms with Crippen molar-refractivity contribution < 1.29 is 0 Å². The van der Waals surface area contributed by atoms with Crippen LogP contribution in [0.3, 0.4) is 0 Å². The van der Waals surface area contributed by atoms with Gasteiger partial charge in [0.15, 0.2) is 10.3 Å². The Morgan fingerprint density at radius 2 is 1.95 bits per heavy atom. The van der Waals surface area contributed by atoms with Gasteiger partial charge in [0.25, 0.3) is 5.56 Å². The summed E-state index contributed by atoms with van der Waals surface area (Å²) in [6.07, 6.45) is 0.797.